The minimum Gasteiger partial charge on any atom is -0.381 e. The lowest BCUT2D eigenvalue weighted by atomic mass is 9.71. The van der Waals surface area contributed by atoms with Crippen molar-refractivity contribution < 1.29 is 9.53 Å². The average Bonchev–Trinajstić information content (AvgIpc) is 3.24. The van der Waals surface area contributed by atoms with Gasteiger partial charge >= 0.3 is 0 Å². The molecule has 0 saturated carbocycles. The van der Waals surface area contributed by atoms with E-state index in [2.05, 4.69) is 34.2 Å². The number of aromatic nitrogens is 1. The highest BCUT2D eigenvalue weighted by molar-refractivity contribution is 5.81. The number of nitrogens with zero attached hydrogens (tertiary/aromatic N) is 3. The molecule has 1 aromatic rings. The summed E-state index contributed by atoms with van der Waals surface area (Å²) >= 11 is 0. The Labute approximate surface area is 149 Å². The minimum atomic E-state index is 0.0712. The van der Waals surface area contributed by atoms with Crippen LogP contribution in [-0.4, -0.2) is 60.1 Å². The van der Waals surface area contributed by atoms with Crippen LogP contribution in [0.1, 0.15) is 24.2 Å². The number of hydrogen-bond donors (Lipinski definition) is 0. The molecule has 2 fully saturated rings. The van der Waals surface area contributed by atoms with Crippen molar-refractivity contribution in [1.29, 1.82) is 0 Å². The maximum absolute atomic E-state index is 13.2. The van der Waals surface area contributed by atoms with Crippen LogP contribution in [0, 0.1) is 18.3 Å². The molecule has 1 aromatic heterocycles. The van der Waals surface area contributed by atoms with Crippen molar-refractivity contribution in [2.75, 3.05) is 39.4 Å². The van der Waals surface area contributed by atoms with E-state index in [-0.39, 0.29) is 11.3 Å². The number of amides is 1. The van der Waals surface area contributed by atoms with E-state index in [9.17, 15) is 4.79 Å². The third-order valence-corrected chi connectivity index (χ3v) is 5.97. The van der Waals surface area contributed by atoms with E-state index in [4.69, 9.17) is 4.74 Å². The average molecular weight is 341 g/mol. The molecular weight excluding hydrogens is 314 g/mol. The summed E-state index contributed by atoms with van der Waals surface area (Å²) in [5.74, 6) is 0.410. The van der Waals surface area contributed by atoms with E-state index in [1.165, 1.54) is 0 Å². The predicted molar refractivity (Wildman–Crippen MR) is 95.9 cm³/mol. The monoisotopic (exact) mass is 341 g/mol. The van der Waals surface area contributed by atoms with Crippen LogP contribution in [0.2, 0.25) is 0 Å². The van der Waals surface area contributed by atoms with Crippen molar-refractivity contribution in [3.63, 3.8) is 0 Å². The Hall–Kier alpha value is -1.72. The molecule has 0 bridgehead atoms. The van der Waals surface area contributed by atoms with Gasteiger partial charge in [0.2, 0.25) is 5.91 Å². The Balaban J connectivity index is 1.52. The Bertz CT molecular complexity index is 659. The van der Waals surface area contributed by atoms with E-state index in [1.807, 2.05) is 17.9 Å². The van der Waals surface area contributed by atoms with Crippen LogP contribution in [0.15, 0.2) is 30.4 Å². The van der Waals surface area contributed by atoms with E-state index in [1.54, 1.807) is 0 Å². The molecule has 1 spiro atoms. The Morgan fingerprint density at radius 3 is 2.76 bits per heavy atom. The lowest BCUT2D eigenvalue weighted by Crippen LogP contribution is -2.45. The van der Waals surface area contributed by atoms with Crippen molar-refractivity contribution in [2.24, 2.45) is 11.3 Å². The van der Waals surface area contributed by atoms with Crippen molar-refractivity contribution in [1.82, 2.24) is 14.8 Å². The van der Waals surface area contributed by atoms with Crippen LogP contribution in [0.5, 0.6) is 0 Å². The summed E-state index contributed by atoms with van der Waals surface area (Å²) in [6, 6.07) is 6.18. The second-order valence-corrected chi connectivity index (χ2v) is 7.68. The maximum atomic E-state index is 13.2. The molecular formula is C20H27N3O2. The van der Waals surface area contributed by atoms with Gasteiger partial charge in [-0.3, -0.25) is 14.7 Å². The highest BCUT2D eigenvalue weighted by Crippen LogP contribution is 2.45. The molecule has 0 aliphatic carbocycles. The first kappa shape index (κ1) is 16.7. The molecule has 1 unspecified atom stereocenters. The number of hydrogen-bond acceptors (Lipinski definition) is 4. The molecule has 5 nitrogen and oxygen atoms in total. The molecule has 134 valence electrons. The number of rotatable bonds is 3. The van der Waals surface area contributed by atoms with Crippen molar-refractivity contribution in [3.05, 3.63) is 41.7 Å². The summed E-state index contributed by atoms with van der Waals surface area (Å²) in [7, 11) is 0. The Kier molecular flexibility index (Phi) is 4.61. The number of pyridine rings is 1. The molecule has 0 radical (unpaired) electrons. The summed E-state index contributed by atoms with van der Waals surface area (Å²) in [5, 5.41) is 0. The van der Waals surface area contributed by atoms with Crippen LogP contribution in [0.3, 0.4) is 0 Å². The van der Waals surface area contributed by atoms with E-state index < -0.39 is 0 Å². The van der Waals surface area contributed by atoms with Crippen molar-refractivity contribution in [3.8, 4) is 0 Å². The number of carbonyl (C=O) groups excluding carboxylic acids is 1. The van der Waals surface area contributed by atoms with Crippen LogP contribution in [-0.2, 0) is 16.1 Å². The van der Waals surface area contributed by atoms with Crippen LogP contribution in [0.25, 0.3) is 0 Å². The van der Waals surface area contributed by atoms with Crippen molar-refractivity contribution in [2.45, 2.75) is 26.3 Å². The molecule has 0 N–H and O–H groups in total. The summed E-state index contributed by atoms with van der Waals surface area (Å²) in [4.78, 5) is 22.2. The van der Waals surface area contributed by atoms with Gasteiger partial charge in [-0.2, -0.15) is 0 Å². The number of aryl methyl sites for hydroxylation is 1. The smallest absolute Gasteiger partial charge is 0.228 e. The first-order valence-electron chi connectivity index (χ1n) is 9.33. The maximum Gasteiger partial charge on any atom is 0.228 e. The van der Waals surface area contributed by atoms with Gasteiger partial charge in [0.15, 0.2) is 0 Å². The zero-order valence-corrected chi connectivity index (χ0v) is 15.0. The predicted octanol–water partition coefficient (Wildman–Crippen LogP) is 2.02. The van der Waals surface area contributed by atoms with Crippen LogP contribution < -0.4 is 0 Å². The normalized spacial score (nSPS) is 25.8. The van der Waals surface area contributed by atoms with Gasteiger partial charge in [-0.05, 0) is 31.9 Å². The molecule has 4 heterocycles. The molecule has 3 aliphatic heterocycles. The molecule has 0 aromatic carbocycles. The van der Waals surface area contributed by atoms with Gasteiger partial charge in [0, 0.05) is 57.0 Å². The molecule has 2 saturated heterocycles. The number of likely N-dealkylation sites (tertiary alicyclic amines) is 1. The zero-order valence-electron chi connectivity index (χ0n) is 15.0. The van der Waals surface area contributed by atoms with Crippen LogP contribution in [0.4, 0.5) is 0 Å². The van der Waals surface area contributed by atoms with Gasteiger partial charge in [0.25, 0.3) is 0 Å². The first-order chi connectivity index (χ1) is 12.2. The third kappa shape index (κ3) is 3.35. The van der Waals surface area contributed by atoms with Gasteiger partial charge in [0.1, 0.15) is 0 Å². The molecule has 5 heteroatoms. The van der Waals surface area contributed by atoms with Gasteiger partial charge < -0.3 is 9.64 Å². The summed E-state index contributed by atoms with van der Waals surface area (Å²) in [6.07, 6.45) is 6.17. The SMILES string of the molecule is Cc1cccc(CN2CC(C(=O)N3CC=CC3)C3(CCOCC3)C2)n1. The highest BCUT2D eigenvalue weighted by Gasteiger charge is 2.51. The summed E-state index contributed by atoms with van der Waals surface area (Å²) in [6.45, 7) is 7.75. The zero-order chi connectivity index (χ0) is 17.3. The van der Waals surface area contributed by atoms with Gasteiger partial charge in [0.05, 0.1) is 11.6 Å². The van der Waals surface area contributed by atoms with E-state index in [0.29, 0.717) is 5.91 Å². The topological polar surface area (TPSA) is 45.7 Å². The second-order valence-electron chi connectivity index (χ2n) is 7.68. The fourth-order valence-corrected chi connectivity index (χ4v) is 4.61. The summed E-state index contributed by atoms with van der Waals surface area (Å²) in [5.41, 5.74) is 2.22. The molecule has 1 atom stereocenters. The van der Waals surface area contributed by atoms with E-state index >= 15 is 0 Å². The molecule has 4 rings (SSSR count). The van der Waals surface area contributed by atoms with Crippen LogP contribution >= 0.6 is 0 Å². The molecule has 25 heavy (non-hydrogen) atoms. The molecule has 1 amide bonds. The Morgan fingerprint density at radius 1 is 1.28 bits per heavy atom. The fourth-order valence-electron chi connectivity index (χ4n) is 4.61. The third-order valence-electron chi connectivity index (χ3n) is 5.97. The standard InChI is InChI=1S/C20H27N3O2/c1-16-5-4-6-17(21-16)13-22-14-18(19(24)23-9-2-3-10-23)20(15-22)7-11-25-12-8-20/h2-6,18H,7-15H2,1H3. The van der Waals surface area contributed by atoms with Gasteiger partial charge in [-0.1, -0.05) is 18.2 Å². The van der Waals surface area contributed by atoms with Crippen molar-refractivity contribution >= 4 is 5.91 Å². The lowest BCUT2D eigenvalue weighted by molar-refractivity contribution is -0.139. The highest BCUT2D eigenvalue weighted by atomic mass is 16.5. The quantitative estimate of drug-likeness (QED) is 0.789. The fraction of sp³-hybridized carbons (Fsp3) is 0.600. The minimum absolute atomic E-state index is 0.0712. The van der Waals surface area contributed by atoms with Gasteiger partial charge in [-0.25, -0.2) is 0 Å². The number of ether oxygens (including phenoxy) is 1. The van der Waals surface area contributed by atoms with E-state index in [0.717, 1.165) is 70.2 Å². The number of carbonyl (C=O) groups is 1. The molecule has 3 aliphatic rings. The largest absolute Gasteiger partial charge is 0.381 e. The Morgan fingerprint density at radius 2 is 2.04 bits per heavy atom. The second kappa shape index (κ2) is 6.89. The van der Waals surface area contributed by atoms with Gasteiger partial charge in [-0.15, -0.1) is 0 Å². The lowest BCUT2D eigenvalue weighted by Gasteiger charge is -2.38. The summed E-state index contributed by atoms with van der Waals surface area (Å²) < 4.78 is 5.61. The first-order valence-corrected chi connectivity index (χ1v) is 9.33.